The van der Waals surface area contributed by atoms with Gasteiger partial charge >= 0.3 is 5.97 Å². The Morgan fingerprint density at radius 1 is 1.14 bits per heavy atom. The van der Waals surface area contributed by atoms with Crippen LogP contribution in [0.5, 0.6) is 0 Å². The summed E-state index contributed by atoms with van der Waals surface area (Å²) in [6.45, 7) is 0. The number of aliphatic carboxylic acids is 1. The lowest BCUT2D eigenvalue weighted by Crippen LogP contribution is -2.30. The van der Waals surface area contributed by atoms with E-state index in [0.717, 1.165) is 5.56 Å². The molecule has 2 aromatic rings. The van der Waals surface area contributed by atoms with Crippen molar-refractivity contribution in [1.29, 1.82) is 0 Å². The molecular weight excluding hydrogens is 363 g/mol. The summed E-state index contributed by atoms with van der Waals surface area (Å²) in [6.07, 6.45) is 0.542. The molecule has 1 fully saturated rings. The summed E-state index contributed by atoms with van der Waals surface area (Å²) in [4.78, 5) is 37.2. The van der Waals surface area contributed by atoms with Gasteiger partial charge in [-0.25, -0.2) is 4.39 Å². The van der Waals surface area contributed by atoms with Crippen LogP contribution < -0.4 is 5.32 Å². The highest BCUT2D eigenvalue weighted by Gasteiger charge is 2.42. The predicted molar refractivity (Wildman–Crippen MR) is 101 cm³/mol. The minimum Gasteiger partial charge on any atom is -0.481 e. The van der Waals surface area contributed by atoms with E-state index < -0.39 is 17.9 Å². The summed E-state index contributed by atoms with van der Waals surface area (Å²) in [6, 6.07) is 12.3. The molecule has 2 unspecified atom stereocenters. The van der Waals surface area contributed by atoms with Crippen LogP contribution in [0, 0.1) is 11.7 Å². The number of carboxylic acids is 1. The molecule has 28 heavy (non-hydrogen) atoms. The molecule has 0 bridgehead atoms. The lowest BCUT2D eigenvalue weighted by atomic mass is 9.92. The lowest BCUT2D eigenvalue weighted by molar-refractivity contribution is -0.137. The van der Waals surface area contributed by atoms with E-state index in [1.54, 1.807) is 43.4 Å². The predicted octanol–water partition coefficient (Wildman–Crippen LogP) is 3.00. The van der Waals surface area contributed by atoms with Crippen LogP contribution in [0.2, 0.25) is 0 Å². The zero-order valence-corrected chi connectivity index (χ0v) is 15.4. The number of nitrogens with zero attached hydrogens (tertiary/aromatic N) is 1. The molecule has 6 nitrogen and oxygen atoms in total. The minimum atomic E-state index is -0.862. The monoisotopic (exact) mass is 384 g/mol. The molecule has 7 heteroatoms. The first-order chi connectivity index (χ1) is 13.3. The Morgan fingerprint density at radius 2 is 1.79 bits per heavy atom. The van der Waals surface area contributed by atoms with Gasteiger partial charge in [-0.3, -0.25) is 14.4 Å². The molecule has 0 aromatic heterocycles. The number of aryl methyl sites for hydroxylation is 1. The number of carbonyl (C=O) groups excluding carboxylic acids is 2. The zero-order valence-electron chi connectivity index (χ0n) is 15.4. The Balaban J connectivity index is 1.72. The van der Waals surface area contributed by atoms with Crippen LogP contribution in [0.25, 0.3) is 0 Å². The van der Waals surface area contributed by atoms with Crippen LogP contribution in [0.3, 0.4) is 0 Å². The van der Waals surface area contributed by atoms with Gasteiger partial charge in [-0.05, 0) is 41.8 Å². The summed E-state index contributed by atoms with van der Waals surface area (Å²) in [5.74, 6) is -2.25. The number of amides is 2. The molecule has 2 amide bonds. The molecule has 1 aliphatic heterocycles. The Bertz CT molecular complexity index is 880. The van der Waals surface area contributed by atoms with Crippen molar-refractivity contribution in [3.63, 3.8) is 0 Å². The number of anilines is 1. The number of carbonyl (C=O) groups is 3. The van der Waals surface area contributed by atoms with Crippen LogP contribution in [-0.4, -0.2) is 34.8 Å². The summed E-state index contributed by atoms with van der Waals surface area (Å²) >= 11 is 0. The van der Waals surface area contributed by atoms with Gasteiger partial charge in [-0.1, -0.05) is 24.3 Å². The average molecular weight is 384 g/mol. The van der Waals surface area contributed by atoms with E-state index in [2.05, 4.69) is 5.32 Å². The van der Waals surface area contributed by atoms with E-state index in [1.165, 1.54) is 17.0 Å². The molecule has 1 saturated heterocycles. The second kappa shape index (κ2) is 8.21. The van der Waals surface area contributed by atoms with Gasteiger partial charge in [-0.2, -0.15) is 0 Å². The third-order valence-corrected chi connectivity index (χ3v) is 4.98. The number of nitrogens with one attached hydrogen (secondary N) is 1. The Kier molecular flexibility index (Phi) is 5.73. The summed E-state index contributed by atoms with van der Waals surface area (Å²) in [5.41, 5.74) is 2.14. The van der Waals surface area contributed by atoms with Crippen molar-refractivity contribution in [3.8, 4) is 0 Å². The van der Waals surface area contributed by atoms with E-state index in [4.69, 9.17) is 5.11 Å². The van der Waals surface area contributed by atoms with Gasteiger partial charge in [-0.15, -0.1) is 0 Å². The van der Waals surface area contributed by atoms with Crippen LogP contribution in [0.4, 0.5) is 10.1 Å². The maximum absolute atomic E-state index is 13.2. The Morgan fingerprint density at radius 3 is 2.39 bits per heavy atom. The van der Waals surface area contributed by atoms with Crippen molar-refractivity contribution in [2.45, 2.75) is 25.3 Å². The van der Waals surface area contributed by atoms with Gasteiger partial charge < -0.3 is 15.3 Å². The van der Waals surface area contributed by atoms with Crippen molar-refractivity contribution in [3.05, 3.63) is 65.5 Å². The highest BCUT2D eigenvalue weighted by molar-refractivity contribution is 5.97. The van der Waals surface area contributed by atoms with E-state index >= 15 is 0 Å². The molecule has 1 heterocycles. The second-order valence-corrected chi connectivity index (χ2v) is 6.89. The van der Waals surface area contributed by atoms with Gasteiger partial charge in [0.2, 0.25) is 11.8 Å². The van der Waals surface area contributed by atoms with Gasteiger partial charge in [0, 0.05) is 25.6 Å². The van der Waals surface area contributed by atoms with E-state index in [0.29, 0.717) is 17.7 Å². The van der Waals surface area contributed by atoms with Crippen LogP contribution in [0.15, 0.2) is 48.5 Å². The number of rotatable bonds is 6. The first-order valence-electron chi connectivity index (χ1n) is 8.98. The Hall–Kier alpha value is -3.22. The molecule has 2 N–H and O–H groups in total. The number of hydrogen-bond acceptors (Lipinski definition) is 3. The molecule has 0 spiro atoms. The highest BCUT2D eigenvalue weighted by Crippen LogP contribution is 2.37. The smallest absolute Gasteiger partial charge is 0.303 e. The maximum Gasteiger partial charge on any atom is 0.303 e. The second-order valence-electron chi connectivity index (χ2n) is 6.89. The standard InChI is InChI=1S/C21H21FN2O4/c1-24-18(25)12-17(20(24)14-5-7-15(22)8-6-14)21(28)23-16-9-2-13(3-10-16)4-11-19(26)27/h2-3,5-10,17,20H,4,11-12H2,1H3,(H,23,28)(H,26,27). The van der Waals surface area contributed by atoms with Crippen molar-refractivity contribution in [2.24, 2.45) is 5.92 Å². The van der Waals surface area contributed by atoms with Crippen molar-refractivity contribution in [2.75, 3.05) is 12.4 Å². The molecule has 1 aliphatic rings. The van der Waals surface area contributed by atoms with E-state index in [-0.39, 0.29) is 30.5 Å². The number of benzene rings is 2. The molecule has 3 rings (SSSR count). The van der Waals surface area contributed by atoms with Crippen molar-refractivity contribution in [1.82, 2.24) is 4.90 Å². The van der Waals surface area contributed by atoms with Gasteiger partial charge in [0.15, 0.2) is 0 Å². The molecule has 0 aliphatic carbocycles. The molecule has 146 valence electrons. The fraction of sp³-hybridized carbons (Fsp3) is 0.286. The first-order valence-corrected chi connectivity index (χ1v) is 8.98. The maximum atomic E-state index is 13.2. The van der Waals surface area contributed by atoms with Gasteiger partial charge in [0.25, 0.3) is 0 Å². The highest BCUT2D eigenvalue weighted by atomic mass is 19.1. The summed E-state index contributed by atoms with van der Waals surface area (Å²) < 4.78 is 13.2. The average Bonchev–Trinajstić information content (AvgIpc) is 2.97. The van der Waals surface area contributed by atoms with Crippen LogP contribution in [0.1, 0.15) is 30.0 Å². The fourth-order valence-corrected chi connectivity index (χ4v) is 3.46. The largest absolute Gasteiger partial charge is 0.481 e. The van der Waals surface area contributed by atoms with Crippen molar-refractivity contribution >= 4 is 23.5 Å². The SMILES string of the molecule is CN1C(=O)CC(C(=O)Nc2ccc(CCC(=O)O)cc2)C1c1ccc(F)cc1. The lowest BCUT2D eigenvalue weighted by Gasteiger charge is -2.25. The number of hydrogen-bond donors (Lipinski definition) is 2. The van der Waals surface area contributed by atoms with Gasteiger partial charge in [0.05, 0.1) is 12.0 Å². The Labute approximate surface area is 162 Å². The summed E-state index contributed by atoms with van der Waals surface area (Å²) in [5, 5.41) is 11.6. The van der Waals surface area contributed by atoms with E-state index in [1.807, 2.05) is 0 Å². The first kappa shape index (κ1) is 19.5. The number of carboxylic acid groups (broad SMARTS) is 1. The molecular formula is C21H21FN2O4. The number of likely N-dealkylation sites (tertiary alicyclic amines) is 1. The molecule has 0 saturated carbocycles. The third-order valence-electron chi connectivity index (χ3n) is 4.98. The van der Waals surface area contributed by atoms with Crippen LogP contribution in [-0.2, 0) is 20.8 Å². The van der Waals surface area contributed by atoms with Crippen LogP contribution >= 0.6 is 0 Å². The molecule has 2 atom stereocenters. The number of halogens is 1. The molecule has 2 aromatic carbocycles. The summed E-state index contributed by atoms with van der Waals surface area (Å²) in [7, 11) is 1.64. The fourth-order valence-electron chi connectivity index (χ4n) is 3.46. The quantitative estimate of drug-likeness (QED) is 0.802. The zero-order chi connectivity index (χ0) is 20.3. The van der Waals surface area contributed by atoms with E-state index in [9.17, 15) is 18.8 Å². The molecule has 0 radical (unpaired) electrons. The van der Waals surface area contributed by atoms with Gasteiger partial charge in [0.1, 0.15) is 5.82 Å². The minimum absolute atomic E-state index is 0.0432. The topological polar surface area (TPSA) is 86.7 Å². The normalized spacial score (nSPS) is 18.9. The van der Waals surface area contributed by atoms with Crippen molar-refractivity contribution < 1.29 is 23.9 Å². The third kappa shape index (κ3) is 4.36.